The zero-order chi connectivity index (χ0) is 10.6. The van der Waals surface area contributed by atoms with Crippen molar-refractivity contribution in [1.82, 2.24) is 0 Å². The van der Waals surface area contributed by atoms with Gasteiger partial charge in [0, 0.05) is 19.1 Å². The third kappa shape index (κ3) is 2.43. The summed E-state index contributed by atoms with van der Waals surface area (Å²) in [6.45, 7) is 2.14. The largest absolute Gasteiger partial charge is 0.461 e. The van der Waals surface area contributed by atoms with Crippen LogP contribution in [0.5, 0.6) is 0 Å². The van der Waals surface area contributed by atoms with E-state index in [9.17, 15) is 4.79 Å². The Morgan fingerprint density at radius 1 is 1.71 bits per heavy atom. The number of methoxy groups -OCH3 is 1. The summed E-state index contributed by atoms with van der Waals surface area (Å²) in [4.78, 5) is 11.7. The molecule has 4 heteroatoms. The minimum atomic E-state index is -0.294. The van der Waals surface area contributed by atoms with Crippen LogP contribution in [0, 0.1) is 5.92 Å². The number of nitrogens with two attached hydrogens (primary N) is 1. The van der Waals surface area contributed by atoms with Gasteiger partial charge in [-0.1, -0.05) is 6.92 Å². The summed E-state index contributed by atoms with van der Waals surface area (Å²) in [5.74, 6) is -0.0234. The van der Waals surface area contributed by atoms with Crippen molar-refractivity contribution in [1.29, 1.82) is 0 Å². The number of ketones is 1. The topological polar surface area (TPSA) is 65.5 Å². The van der Waals surface area contributed by atoms with Crippen LogP contribution < -0.4 is 5.73 Å². The Kier molecular flexibility index (Phi) is 3.85. The Labute approximate surface area is 83.0 Å². The quantitative estimate of drug-likeness (QED) is 0.717. The molecule has 4 nitrogen and oxygen atoms in total. The third-order valence-electron chi connectivity index (χ3n) is 2.18. The molecule has 78 valence electrons. The average molecular weight is 197 g/mol. The SMILES string of the molecule is COCC(N)C(C)C(=O)c1ccco1. The highest BCUT2D eigenvalue weighted by atomic mass is 16.5. The van der Waals surface area contributed by atoms with Crippen molar-refractivity contribution in [2.24, 2.45) is 11.7 Å². The Balaban J connectivity index is 2.61. The molecule has 0 aliphatic rings. The van der Waals surface area contributed by atoms with Crippen LogP contribution in [0.15, 0.2) is 22.8 Å². The van der Waals surface area contributed by atoms with Gasteiger partial charge in [0.05, 0.1) is 12.9 Å². The van der Waals surface area contributed by atoms with Crippen LogP contribution in [0.1, 0.15) is 17.5 Å². The molecule has 0 spiro atoms. The van der Waals surface area contributed by atoms with Crippen molar-refractivity contribution < 1.29 is 13.9 Å². The Bertz CT molecular complexity index is 282. The number of hydrogen-bond donors (Lipinski definition) is 1. The van der Waals surface area contributed by atoms with E-state index in [0.717, 1.165) is 0 Å². The van der Waals surface area contributed by atoms with Crippen LogP contribution in [-0.4, -0.2) is 25.5 Å². The van der Waals surface area contributed by atoms with Gasteiger partial charge in [0.15, 0.2) is 5.76 Å². The minimum Gasteiger partial charge on any atom is -0.461 e. The summed E-state index contributed by atoms with van der Waals surface area (Å²) in [6.07, 6.45) is 1.47. The first-order valence-corrected chi connectivity index (χ1v) is 4.49. The first-order chi connectivity index (χ1) is 6.66. The molecule has 0 aliphatic carbocycles. The van der Waals surface area contributed by atoms with Gasteiger partial charge in [-0.05, 0) is 12.1 Å². The van der Waals surface area contributed by atoms with E-state index >= 15 is 0 Å². The van der Waals surface area contributed by atoms with Gasteiger partial charge in [-0.3, -0.25) is 4.79 Å². The molecule has 0 saturated carbocycles. The maximum Gasteiger partial charge on any atom is 0.202 e. The molecule has 14 heavy (non-hydrogen) atoms. The number of rotatable bonds is 5. The van der Waals surface area contributed by atoms with Crippen molar-refractivity contribution in [3.8, 4) is 0 Å². The number of hydrogen-bond acceptors (Lipinski definition) is 4. The van der Waals surface area contributed by atoms with Crippen LogP contribution >= 0.6 is 0 Å². The number of Topliss-reactive ketones (excluding diaryl/α,β-unsaturated/α-hetero) is 1. The second kappa shape index (κ2) is 4.93. The molecule has 1 aromatic heterocycles. The lowest BCUT2D eigenvalue weighted by molar-refractivity contribution is 0.0838. The highest BCUT2D eigenvalue weighted by Crippen LogP contribution is 2.11. The smallest absolute Gasteiger partial charge is 0.202 e. The molecule has 2 atom stereocenters. The van der Waals surface area contributed by atoms with E-state index in [4.69, 9.17) is 14.9 Å². The summed E-state index contributed by atoms with van der Waals surface area (Å²) >= 11 is 0. The zero-order valence-corrected chi connectivity index (χ0v) is 8.40. The van der Waals surface area contributed by atoms with Gasteiger partial charge in [0.25, 0.3) is 0 Å². The van der Waals surface area contributed by atoms with Crippen molar-refractivity contribution in [2.45, 2.75) is 13.0 Å². The minimum absolute atomic E-state index is 0.0837. The normalized spacial score (nSPS) is 15.1. The summed E-state index contributed by atoms with van der Waals surface area (Å²) in [5, 5.41) is 0. The van der Waals surface area contributed by atoms with E-state index in [0.29, 0.717) is 12.4 Å². The van der Waals surface area contributed by atoms with Crippen LogP contribution in [0.4, 0.5) is 0 Å². The standard InChI is InChI=1S/C10H15NO3/c1-7(8(11)6-13-2)10(12)9-4-3-5-14-9/h3-5,7-8H,6,11H2,1-2H3. The molecule has 0 amide bonds. The van der Waals surface area contributed by atoms with Gasteiger partial charge < -0.3 is 14.9 Å². The summed E-state index contributed by atoms with van der Waals surface area (Å²) in [7, 11) is 1.56. The van der Waals surface area contributed by atoms with E-state index in [1.54, 1.807) is 26.2 Å². The van der Waals surface area contributed by atoms with Crippen LogP contribution in [0.2, 0.25) is 0 Å². The summed E-state index contributed by atoms with van der Waals surface area (Å²) in [5.41, 5.74) is 5.75. The van der Waals surface area contributed by atoms with Gasteiger partial charge in [-0.25, -0.2) is 0 Å². The van der Waals surface area contributed by atoms with E-state index < -0.39 is 0 Å². The Hall–Kier alpha value is -1.13. The Morgan fingerprint density at radius 2 is 2.43 bits per heavy atom. The number of ether oxygens (including phenoxy) is 1. The molecule has 1 aromatic rings. The van der Waals surface area contributed by atoms with E-state index in [1.807, 2.05) is 0 Å². The molecule has 2 N–H and O–H groups in total. The van der Waals surface area contributed by atoms with E-state index in [-0.39, 0.29) is 17.7 Å². The van der Waals surface area contributed by atoms with Crippen molar-refractivity contribution >= 4 is 5.78 Å². The molecule has 2 unspecified atom stereocenters. The van der Waals surface area contributed by atoms with Gasteiger partial charge in [0.1, 0.15) is 0 Å². The van der Waals surface area contributed by atoms with Crippen molar-refractivity contribution in [2.75, 3.05) is 13.7 Å². The zero-order valence-electron chi connectivity index (χ0n) is 8.40. The third-order valence-corrected chi connectivity index (χ3v) is 2.18. The maximum atomic E-state index is 11.7. The average Bonchev–Trinajstić information content (AvgIpc) is 2.68. The van der Waals surface area contributed by atoms with E-state index in [1.165, 1.54) is 6.26 Å². The summed E-state index contributed by atoms with van der Waals surface area (Å²) in [6, 6.07) is 3.03. The highest BCUT2D eigenvalue weighted by molar-refractivity contribution is 5.95. The first-order valence-electron chi connectivity index (χ1n) is 4.49. The second-order valence-electron chi connectivity index (χ2n) is 3.25. The monoisotopic (exact) mass is 197 g/mol. The molecule has 1 rings (SSSR count). The van der Waals surface area contributed by atoms with Gasteiger partial charge >= 0.3 is 0 Å². The molecular weight excluding hydrogens is 182 g/mol. The second-order valence-corrected chi connectivity index (χ2v) is 3.25. The summed E-state index contributed by atoms with van der Waals surface area (Å²) < 4.78 is 9.88. The maximum absolute atomic E-state index is 11.7. The molecular formula is C10H15NO3. The van der Waals surface area contributed by atoms with Crippen LogP contribution in [0.25, 0.3) is 0 Å². The van der Waals surface area contributed by atoms with Crippen molar-refractivity contribution in [3.05, 3.63) is 24.2 Å². The lowest BCUT2D eigenvalue weighted by Gasteiger charge is -2.16. The molecule has 0 aromatic carbocycles. The Morgan fingerprint density at radius 3 is 2.93 bits per heavy atom. The first kappa shape index (κ1) is 10.9. The predicted octanol–water partition coefficient (Wildman–Crippen LogP) is 1.07. The fraction of sp³-hybridized carbons (Fsp3) is 0.500. The van der Waals surface area contributed by atoms with Crippen LogP contribution in [0.3, 0.4) is 0 Å². The molecule has 1 heterocycles. The lowest BCUT2D eigenvalue weighted by atomic mass is 9.97. The fourth-order valence-electron chi connectivity index (χ4n) is 1.17. The molecule has 0 aliphatic heterocycles. The van der Waals surface area contributed by atoms with Crippen LogP contribution in [-0.2, 0) is 4.74 Å². The number of furan rings is 1. The van der Waals surface area contributed by atoms with Crippen molar-refractivity contribution in [3.63, 3.8) is 0 Å². The predicted molar refractivity (Wildman–Crippen MR) is 52.1 cm³/mol. The molecule has 0 radical (unpaired) electrons. The molecule has 0 saturated heterocycles. The molecule has 0 bridgehead atoms. The lowest BCUT2D eigenvalue weighted by Crippen LogP contribution is -2.37. The van der Waals surface area contributed by atoms with Gasteiger partial charge in [-0.15, -0.1) is 0 Å². The van der Waals surface area contributed by atoms with Gasteiger partial charge in [-0.2, -0.15) is 0 Å². The van der Waals surface area contributed by atoms with E-state index in [2.05, 4.69) is 0 Å². The number of carbonyl (C=O) groups excluding carboxylic acids is 1. The fourth-order valence-corrected chi connectivity index (χ4v) is 1.17. The molecule has 0 fully saturated rings. The van der Waals surface area contributed by atoms with Gasteiger partial charge in [0.2, 0.25) is 5.78 Å². The highest BCUT2D eigenvalue weighted by Gasteiger charge is 2.23. The number of carbonyl (C=O) groups is 1.